The first-order valence-corrected chi connectivity index (χ1v) is 8.71. The standard InChI is InChI=1S/C14H20N2O3S2/c1-14(2)10-19-7-6-16(14)21(17,18)9-11-4-3-5-12(8-11)13(15)20/h3-5,8H,6-7,9-10H2,1-2H3,(H2,15,20). The van der Waals surface area contributed by atoms with E-state index >= 15 is 0 Å². The Hall–Kier alpha value is -1.02. The summed E-state index contributed by atoms with van der Waals surface area (Å²) in [6.07, 6.45) is 0. The van der Waals surface area contributed by atoms with Gasteiger partial charge in [0.25, 0.3) is 0 Å². The monoisotopic (exact) mass is 328 g/mol. The minimum absolute atomic E-state index is 0.0626. The minimum atomic E-state index is -3.42. The number of nitrogens with zero attached hydrogens (tertiary/aromatic N) is 1. The van der Waals surface area contributed by atoms with E-state index in [0.717, 1.165) is 0 Å². The second-order valence-electron chi connectivity index (χ2n) is 5.76. The first kappa shape index (κ1) is 16.4. The molecule has 0 amide bonds. The zero-order valence-electron chi connectivity index (χ0n) is 12.2. The molecule has 1 fully saturated rings. The summed E-state index contributed by atoms with van der Waals surface area (Å²) in [7, 11) is -3.42. The minimum Gasteiger partial charge on any atom is -0.389 e. The van der Waals surface area contributed by atoms with Crippen LogP contribution < -0.4 is 5.73 Å². The lowest BCUT2D eigenvalue weighted by atomic mass is 10.1. The molecule has 2 rings (SSSR count). The number of morpholine rings is 1. The van der Waals surface area contributed by atoms with Crippen LogP contribution in [0.3, 0.4) is 0 Å². The molecule has 2 N–H and O–H groups in total. The molecule has 1 heterocycles. The molecule has 1 saturated heterocycles. The Kier molecular flexibility index (Phi) is 4.67. The van der Waals surface area contributed by atoms with Crippen molar-refractivity contribution in [2.75, 3.05) is 19.8 Å². The predicted octanol–water partition coefficient (Wildman–Crippen LogP) is 1.26. The Bertz CT molecular complexity index is 641. The maximum absolute atomic E-state index is 12.7. The molecular formula is C14H20N2O3S2. The van der Waals surface area contributed by atoms with E-state index in [1.165, 1.54) is 4.31 Å². The van der Waals surface area contributed by atoms with Gasteiger partial charge >= 0.3 is 0 Å². The van der Waals surface area contributed by atoms with Crippen molar-refractivity contribution in [2.24, 2.45) is 5.73 Å². The summed E-state index contributed by atoms with van der Waals surface area (Å²) in [5.41, 5.74) is 6.42. The molecule has 116 valence electrons. The summed E-state index contributed by atoms with van der Waals surface area (Å²) in [6, 6.07) is 7.04. The van der Waals surface area contributed by atoms with Gasteiger partial charge in [0.15, 0.2) is 0 Å². The molecule has 0 aromatic heterocycles. The molecule has 0 spiro atoms. The van der Waals surface area contributed by atoms with Gasteiger partial charge in [-0.15, -0.1) is 0 Å². The van der Waals surface area contributed by atoms with E-state index in [1.807, 2.05) is 13.8 Å². The van der Waals surface area contributed by atoms with Crippen LogP contribution in [0.25, 0.3) is 0 Å². The fourth-order valence-corrected chi connectivity index (χ4v) is 4.50. The van der Waals surface area contributed by atoms with Crippen molar-refractivity contribution in [1.29, 1.82) is 0 Å². The van der Waals surface area contributed by atoms with Crippen LogP contribution in [0.1, 0.15) is 25.0 Å². The van der Waals surface area contributed by atoms with E-state index in [1.54, 1.807) is 24.3 Å². The van der Waals surface area contributed by atoms with Gasteiger partial charge in [-0.05, 0) is 25.5 Å². The second kappa shape index (κ2) is 6.00. The molecule has 1 aliphatic rings. The molecular weight excluding hydrogens is 308 g/mol. The zero-order valence-corrected chi connectivity index (χ0v) is 13.8. The molecule has 5 nitrogen and oxygen atoms in total. The highest BCUT2D eigenvalue weighted by molar-refractivity contribution is 7.88. The van der Waals surface area contributed by atoms with Crippen LogP contribution in [0, 0.1) is 0 Å². The molecule has 0 radical (unpaired) electrons. The zero-order chi connectivity index (χ0) is 15.7. The van der Waals surface area contributed by atoms with Crippen LogP contribution >= 0.6 is 12.2 Å². The summed E-state index contributed by atoms with van der Waals surface area (Å²) in [5.74, 6) is -0.0626. The van der Waals surface area contributed by atoms with Crippen LogP contribution in [-0.4, -0.2) is 43.0 Å². The molecule has 1 aromatic rings. The van der Waals surface area contributed by atoms with Crippen LogP contribution in [0.15, 0.2) is 24.3 Å². The van der Waals surface area contributed by atoms with E-state index in [4.69, 9.17) is 22.7 Å². The van der Waals surface area contributed by atoms with E-state index in [-0.39, 0.29) is 10.7 Å². The molecule has 1 aliphatic heterocycles. The Balaban J connectivity index is 2.25. The molecule has 0 atom stereocenters. The third-order valence-corrected chi connectivity index (χ3v) is 5.75. The van der Waals surface area contributed by atoms with Gasteiger partial charge in [0.1, 0.15) is 4.99 Å². The number of thiocarbonyl (C=S) groups is 1. The molecule has 1 aromatic carbocycles. The van der Waals surface area contributed by atoms with Crippen molar-refractivity contribution in [1.82, 2.24) is 4.31 Å². The van der Waals surface area contributed by atoms with Gasteiger partial charge < -0.3 is 10.5 Å². The van der Waals surface area contributed by atoms with Crippen molar-refractivity contribution in [3.63, 3.8) is 0 Å². The highest BCUT2D eigenvalue weighted by atomic mass is 32.2. The van der Waals surface area contributed by atoms with Crippen LogP contribution in [0.4, 0.5) is 0 Å². The lowest BCUT2D eigenvalue weighted by molar-refractivity contribution is -0.00777. The Morgan fingerprint density at radius 1 is 1.48 bits per heavy atom. The first-order chi connectivity index (χ1) is 9.72. The van der Waals surface area contributed by atoms with Gasteiger partial charge in [0.05, 0.1) is 24.5 Å². The number of nitrogens with two attached hydrogens (primary N) is 1. The number of rotatable bonds is 4. The second-order valence-corrected chi connectivity index (χ2v) is 8.09. The van der Waals surface area contributed by atoms with Crippen molar-refractivity contribution in [3.8, 4) is 0 Å². The van der Waals surface area contributed by atoms with Gasteiger partial charge in [-0.3, -0.25) is 0 Å². The average Bonchev–Trinajstić information content (AvgIpc) is 2.37. The largest absolute Gasteiger partial charge is 0.389 e. The average molecular weight is 328 g/mol. The molecule has 21 heavy (non-hydrogen) atoms. The molecule has 0 unspecified atom stereocenters. The number of sulfonamides is 1. The van der Waals surface area contributed by atoms with Crippen molar-refractivity contribution in [3.05, 3.63) is 35.4 Å². The predicted molar refractivity (Wildman–Crippen MR) is 86.6 cm³/mol. The van der Waals surface area contributed by atoms with Gasteiger partial charge in [0, 0.05) is 12.1 Å². The third-order valence-electron chi connectivity index (χ3n) is 3.47. The van der Waals surface area contributed by atoms with Gasteiger partial charge in [-0.1, -0.05) is 30.4 Å². The van der Waals surface area contributed by atoms with Crippen molar-refractivity contribution < 1.29 is 13.2 Å². The summed E-state index contributed by atoms with van der Waals surface area (Å²) >= 11 is 4.93. The van der Waals surface area contributed by atoms with Crippen LogP contribution in [0.2, 0.25) is 0 Å². The van der Waals surface area contributed by atoms with E-state index in [0.29, 0.717) is 30.9 Å². The normalized spacial score (nSPS) is 19.3. The maximum atomic E-state index is 12.7. The topological polar surface area (TPSA) is 72.6 Å². The summed E-state index contributed by atoms with van der Waals surface area (Å²) in [6.45, 7) is 4.95. The summed E-state index contributed by atoms with van der Waals surface area (Å²) < 4.78 is 32.2. The van der Waals surface area contributed by atoms with Gasteiger partial charge in [-0.2, -0.15) is 4.31 Å². The highest BCUT2D eigenvalue weighted by Crippen LogP contribution is 2.25. The lowest BCUT2D eigenvalue weighted by Gasteiger charge is -2.40. The van der Waals surface area contributed by atoms with E-state index in [2.05, 4.69) is 0 Å². The van der Waals surface area contributed by atoms with Crippen molar-refractivity contribution >= 4 is 27.2 Å². The Labute approximate surface area is 131 Å². The fourth-order valence-electron chi connectivity index (χ4n) is 2.46. The Morgan fingerprint density at radius 2 is 2.19 bits per heavy atom. The number of ether oxygens (including phenoxy) is 1. The van der Waals surface area contributed by atoms with Gasteiger partial charge in [-0.25, -0.2) is 8.42 Å². The first-order valence-electron chi connectivity index (χ1n) is 6.69. The maximum Gasteiger partial charge on any atom is 0.218 e. The number of hydrogen-bond donors (Lipinski definition) is 1. The third kappa shape index (κ3) is 3.79. The molecule has 0 bridgehead atoms. The fraction of sp³-hybridized carbons (Fsp3) is 0.500. The van der Waals surface area contributed by atoms with E-state index in [9.17, 15) is 8.42 Å². The molecule has 7 heteroatoms. The summed E-state index contributed by atoms with van der Waals surface area (Å²) in [5, 5.41) is 0. The van der Waals surface area contributed by atoms with E-state index < -0.39 is 15.6 Å². The molecule has 0 aliphatic carbocycles. The SMILES string of the molecule is CC1(C)COCCN1S(=O)(=O)Cc1cccc(C(N)=S)c1. The van der Waals surface area contributed by atoms with Crippen LogP contribution in [0.5, 0.6) is 0 Å². The Morgan fingerprint density at radius 3 is 2.81 bits per heavy atom. The quantitative estimate of drug-likeness (QED) is 0.843. The smallest absolute Gasteiger partial charge is 0.218 e. The van der Waals surface area contributed by atoms with Gasteiger partial charge in [0.2, 0.25) is 10.0 Å². The lowest BCUT2D eigenvalue weighted by Crippen LogP contribution is -2.55. The molecule has 0 saturated carbocycles. The summed E-state index contributed by atoms with van der Waals surface area (Å²) in [4.78, 5) is 0.265. The van der Waals surface area contributed by atoms with Crippen molar-refractivity contribution in [2.45, 2.75) is 25.1 Å². The highest BCUT2D eigenvalue weighted by Gasteiger charge is 2.38. The number of benzene rings is 1. The number of hydrogen-bond acceptors (Lipinski definition) is 4. The van der Waals surface area contributed by atoms with Crippen LogP contribution in [-0.2, 0) is 20.5 Å².